The molecule has 0 unspecified atom stereocenters. The van der Waals surface area contributed by atoms with Crippen molar-refractivity contribution in [1.82, 2.24) is 9.88 Å². The Morgan fingerprint density at radius 3 is 2.55 bits per heavy atom. The van der Waals surface area contributed by atoms with Crippen LogP contribution in [0.25, 0.3) is 10.2 Å². The molecular weight excluding hydrogens is 429 g/mol. The number of carbonyl (C=O) groups excluding carboxylic acids is 1. The van der Waals surface area contributed by atoms with Gasteiger partial charge in [0.15, 0.2) is 11.7 Å². The van der Waals surface area contributed by atoms with Crippen molar-refractivity contribution >= 4 is 55.8 Å². The Morgan fingerprint density at radius 2 is 1.86 bits per heavy atom. The Morgan fingerprint density at radius 1 is 1.10 bits per heavy atom. The zero-order valence-corrected chi connectivity index (χ0v) is 18.7. The van der Waals surface area contributed by atoms with Crippen LogP contribution in [0.1, 0.15) is 13.8 Å². The van der Waals surface area contributed by atoms with Crippen LogP contribution in [0, 0.1) is 0 Å². The van der Waals surface area contributed by atoms with E-state index in [2.05, 4.69) is 23.7 Å². The van der Waals surface area contributed by atoms with Gasteiger partial charge in [-0.2, -0.15) is 0 Å². The number of halogens is 2. The van der Waals surface area contributed by atoms with Crippen LogP contribution in [0.3, 0.4) is 0 Å². The summed E-state index contributed by atoms with van der Waals surface area (Å²) in [6, 6.07) is 12.8. The molecule has 0 spiro atoms. The molecule has 29 heavy (non-hydrogen) atoms. The first-order valence-electron chi connectivity index (χ1n) is 9.48. The summed E-state index contributed by atoms with van der Waals surface area (Å²) < 4.78 is 6.72. The second-order valence-corrected chi connectivity index (χ2v) is 8.25. The average molecular weight is 452 g/mol. The third-order valence-corrected chi connectivity index (χ3v) is 6.18. The second-order valence-electron chi connectivity index (χ2n) is 6.40. The molecule has 0 atom stereocenters. The lowest BCUT2D eigenvalue weighted by Crippen LogP contribution is -2.41. The quantitative estimate of drug-likeness (QED) is 0.439. The third-order valence-electron chi connectivity index (χ3n) is 4.59. The Balaban J connectivity index is 1.78. The highest BCUT2D eigenvalue weighted by Crippen LogP contribution is 2.30. The number of anilines is 1. The molecule has 1 amide bonds. The highest BCUT2D eigenvalue weighted by Gasteiger charge is 2.21. The maximum absolute atomic E-state index is 13.0. The fourth-order valence-electron chi connectivity index (χ4n) is 2.89. The van der Waals surface area contributed by atoms with E-state index in [-0.39, 0.29) is 12.5 Å². The number of hydrogen-bond acceptors (Lipinski definition) is 5. The van der Waals surface area contributed by atoms with Crippen molar-refractivity contribution in [3.8, 4) is 5.75 Å². The molecule has 8 heteroatoms. The number of likely N-dealkylation sites (N-methyl/N-ethyl adjacent to an activating group) is 1. The van der Waals surface area contributed by atoms with Gasteiger partial charge in [0, 0.05) is 18.1 Å². The van der Waals surface area contributed by atoms with E-state index < -0.39 is 0 Å². The summed E-state index contributed by atoms with van der Waals surface area (Å²) in [6.45, 7) is 7.24. The molecule has 0 fully saturated rings. The van der Waals surface area contributed by atoms with Gasteiger partial charge in [0.25, 0.3) is 5.91 Å². The topological polar surface area (TPSA) is 45.7 Å². The van der Waals surface area contributed by atoms with Crippen molar-refractivity contribution in [3.63, 3.8) is 0 Å². The van der Waals surface area contributed by atoms with Crippen molar-refractivity contribution < 1.29 is 9.53 Å². The van der Waals surface area contributed by atoms with Crippen LogP contribution in [0.2, 0.25) is 10.0 Å². The molecule has 154 valence electrons. The predicted octanol–water partition coefficient (Wildman–Crippen LogP) is 5.36. The van der Waals surface area contributed by atoms with Crippen LogP contribution in [0.5, 0.6) is 5.75 Å². The summed E-state index contributed by atoms with van der Waals surface area (Å²) in [6.07, 6.45) is 0. The number of hydrogen-bond donors (Lipinski definition) is 0. The number of benzene rings is 2. The highest BCUT2D eigenvalue weighted by molar-refractivity contribution is 7.22. The number of amides is 1. The van der Waals surface area contributed by atoms with Crippen LogP contribution in [0.4, 0.5) is 5.13 Å². The van der Waals surface area contributed by atoms with Crippen molar-refractivity contribution in [1.29, 1.82) is 0 Å². The molecule has 3 rings (SSSR count). The molecule has 0 saturated carbocycles. The van der Waals surface area contributed by atoms with E-state index in [0.29, 0.717) is 27.5 Å². The van der Waals surface area contributed by atoms with Gasteiger partial charge in [-0.3, -0.25) is 9.69 Å². The fraction of sp³-hybridized carbons (Fsp3) is 0.333. The van der Waals surface area contributed by atoms with E-state index in [1.807, 2.05) is 24.3 Å². The second kappa shape index (κ2) is 10.3. The van der Waals surface area contributed by atoms with Crippen LogP contribution in [-0.4, -0.2) is 48.6 Å². The first kappa shape index (κ1) is 21.8. The predicted molar refractivity (Wildman–Crippen MR) is 122 cm³/mol. The first-order valence-corrected chi connectivity index (χ1v) is 11.0. The number of nitrogens with zero attached hydrogens (tertiary/aromatic N) is 3. The summed E-state index contributed by atoms with van der Waals surface area (Å²) in [5, 5.41) is 1.57. The van der Waals surface area contributed by atoms with Gasteiger partial charge in [-0.15, -0.1) is 0 Å². The summed E-state index contributed by atoms with van der Waals surface area (Å²) >= 11 is 13.6. The Labute approximate surface area is 184 Å². The van der Waals surface area contributed by atoms with E-state index in [4.69, 9.17) is 27.9 Å². The third kappa shape index (κ3) is 5.60. The molecule has 2 aromatic carbocycles. The van der Waals surface area contributed by atoms with Gasteiger partial charge in [-0.25, -0.2) is 4.98 Å². The minimum Gasteiger partial charge on any atom is -0.482 e. The summed E-state index contributed by atoms with van der Waals surface area (Å²) in [5.74, 6) is 0.264. The number of rotatable bonds is 9. The molecule has 0 bridgehead atoms. The smallest absolute Gasteiger partial charge is 0.266 e. The molecule has 0 saturated heterocycles. The van der Waals surface area contributed by atoms with Gasteiger partial charge in [0.05, 0.1) is 15.2 Å². The van der Waals surface area contributed by atoms with Gasteiger partial charge in [0.2, 0.25) is 0 Å². The summed E-state index contributed by atoms with van der Waals surface area (Å²) in [4.78, 5) is 21.7. The zero-order valence-electron chi connectivity index (χ0n) is 16.4. The number of fused-ring (bicyclic) bond motifs is 1. The number of aromatic nitrogens is 1. The molecule has 0 N–H and O–H groups in total. The molecule has 0 aliphatic heterocycles. The Bertz CT molecular complexity index is 942. The monoisotopic (exact) mass is 451 g/mol. The molecule has 3 aromatic rings. The minimum atomic E-state index is -0.165. The van der Waals surface area contributed by atoms with Crippen LogP contribution in [-0.2, 0) is 4.79 Å². The van der Waals surface area contributed by atoms with Gasteiger partial charge in [-0.05, 0) is 43.4 Å². The van der Waals surface area contributed by atoms with E-state index in [9.17, 15) is 4.79 Å². The molecule has 0 radical (unpaired) electrons. The summed E-state index contributed by atoms with van der Waals surface area (Å²) in [5.41, 5.74) is 0.884. The van der Waals surface area contributed by atoms with Crippen molar-refractivity contribution in [2.75, 3.05) is 37.7 Å². The molecule has 1 heterocycles. The SMILES string of the molecule is CCN(CC)CCN(C(=O)COc1ccc(Cl)cc1Cl)c1nc2ccccc2s1. The van der Waals surface area contributed by atoms with Crippen molar-refractivity contribution in [2.24, 2.45) is 0 Å². The number of thiazole rings is 1. The fourth-order valence-corrected chi connectivity index (χ4v) is 4.37. The normalized spacial score (nSPS) is 11.2. The number of ether oxygens (including phenoxy) is 1. The molecular formula is C21H23Cl2N3O2S. The first-order chi connectivity index (χ1) is 14.0. The standard InChI is InChI=1S/C21H23Cl2N3O2S/c1-3-25(4-2)11-12-26(21-24-17-7-5-6-8-19(17)29-21)20(27)14-28-18-10-9-15(22)13-16(18)23/h5-10,13H,3-4,11-12,14H2,1-2H3. The van der Waals surface area contributed by atoms with E-state index in [1.54, 1.807) is 23.1 Å². The largest absolute Gasteiger partial charge is 0.482 e. The van der Waals surface area contributed by atoms with Gasteiger partial charge in [-0.1, -0.05) is 60.5 Å². The van der Waals surface area contributed by atoms with E-state index in [1.165, 1.54) is 11.3 Å². The molecule has 5 nitrogen and oxygen atoms in total. The molecule has 0 aliphatic carbocycles. The van der Waals surface area contributed by atoms with Crippen LogP contribution >= 0.6 is 34.5 Å². The van der Waals surface area contributed by atoms with Gasteiger partial charge < -0.3 is 9.64 Å². The van der Waals surface area contributed by atoms with Crippen LogP contribution in [0.15, 0.2) is 42.5 Å². The molecule has 1 aromatic heterocycles. The lowest BCUT2D eigenvalue weighted by molar-refractivity contribution is -0.120. The van der Waals surface area contributed by atoms with E-state index in [0.717, 1.165) is 29.9 Å². The highest BCUT2D eigenvalue weighted by atomic mass is 35.5. The number of carbonyl (C=O) groups is 1. The lowest BCUT2D eigenvalue weighted by atomic mass is 10.3. The Hall–Kier alpha value is -1.86. The maximum Gasteiger partial charge on any atom is 0.266 e. The summed E-state index contributed by atoms with van der Waals surface area (Å²) in [7, 11) is 0. The van der Waals surface area contributed by atoms with Crippen molar-refractivity contribution in [2.45, 2.75) is 13.8 Å². The zero-order chi connectivity index (χ0) is 20.8. The van der Waals surface area contributed by atoms with E-state index >= 15 is 0 Å². The lowest BCUT2D eigenvalue weighted by Gasteiger charge is -2.24. The average Bonchev–Trinajstić information content (AvgIpc) is 3.14. The van der Waals surface area contributed by atoms with Gasteiger partial charge in [0.1, 0.15) is 5.75 Å². The maximum atomic E-state index is 13.0. The van der Waals surface area contributed by atoms with Crippen molar-refractivity contribution in [3.05, 3.63) is 52.5 Å². The number of para-hydroxylation sites is 1. The Kier molecular flexibility index (Phi) is 7.72. The minimum absolute atomic E-state index is 0.129. The van der Waals surface area contributed by atoms with Gasteiger partial charge >= 0.3 is 0 Å². The van der Waals surface area contributed by atoms with Crippen LogP contribution < -0.4 is 9.64 Å². The molecule has 0 aliphatic rings.